The van der Waals surface area contributed by atoms with E-state index in [0.29, 0.717) is 23.7 Å². The topological polar surface area (TPSA) is 49.4 Å². The van der Waals surface area contributed by atoms with E-state index in [9.17, 15) is 9.59 Å². The van der Waals surface area contributed by atoms with Gasteiger partial charge in [-0.25, -0.2) is 0 Å². The summed E-state index contributed by atoms with van der Waals surface area (Å²) in [5.74, 6) is 2.03. The Balaban J connectivity index is 1.35. The molecule has 0 saturated carbocycles. The number of fused-ring (bicyclic) bond motifs is 1. The Morgan fingerprint density at radius 1 is 1.26 bits per heavy atom. The van der Waals surface area contributed by atoms with E-state index in [1.165, 1.54) is 11.1 Å². The number of rotatable bonds is 5. The zero-order chi connectivity index (χ0) is 18.8. The zero-order valence-electron chi connectivity index (χ0n) is 15.5. The van der Waals surface area contributed by atoms with Gasteiger partial charge in [-0.15, -0.1) is 11.8 Å². The summed E-state index contributed by atoms with van der Waals surface area (Å²) in [7, 11) is 0. The average Bonchev–Trinajstić information content (AvgIpc) is 3.35. The first-order valence-electron chi connectivity index (χ1n) is 9.85. The van der Waals surface area contributed by atoms with Crippen LogP contribution in [0.1, 0.15) is 30.4 Å². The van der Waals surface area contributed by atoms with E-state index in [-0.39, 0.29) is 11.7 Å². The number of hydrogen-bond acceptors (Lipinski definition) is 5. The van der Waals surface area contributed by atoms with Gasteiger partial charge >= 0.3 is 0 Å². The molecule has 144 valence electrons. The van der Waals surface area contributed by atoms with Crippen LogP contribution in [0.5, 0.6) is 0 Å². The van der Waals surface area contributed by atoms with Gasteiger partial charge < -0.3 is 10.2 Å². The van der Waals surface area contributed by atoms with E-state index in [2.05, 4.69) is 29.6 Å². The van der Waals surface area contributed by atoms with Crippen molar-refractivity contribution in [2.45, 2.75) is 38.1 Å². The lowest BCUT2D eigenvalue weighted by atomic mass is 9.80. The lowest BCUT2D eigenvalue weighted by Crippen LogP contribution is -2.47. The summed E-state index contributed by atoms with van der Waals surface area (Å²) in [6.07, 6.45) is 4.73. The summed E-state index contributed by atoms with van der Waals surface area (Å²) in [5, 5.41) is 3.20. The predicted octanol–water partition coefficient (Wildman–Crippen LogP) is 2.63. The molecule has 1 amide bonds. The van der Waals surface area contributed by atoms with Crippen molar-refractivity contribution in [3.05, 3.63) is 35.4 Å². The van der Waals surface area contributed by atoms with Crippen LogP contribution in [-0.2, 0) is 22.4 Å². The maximum absolute atomic E-state index is 13.0. The lowest BCUT2D eigenvalue weighted by molar-refractivity contribution is -0.135. The van der Waals surface area contributed by atoms with Gasteiger partial charge in [-0.3, -0.25) is 9.59 Å². The predicted molar refractivity (Wildman–Crippen MR) is 113 cm³/mol. The number of nitrogens with zero attached hydrogens (tertiary/aromatic N) is 1. The second-order valence-corrected chi connectivity index (χ2v) is 9.42. The number of Topliss-reactive ketones (excluding diaryl/α,β-unsaturated/α-hetero) is 1. The minimum atomic E-state index is -0.448. The third-order valence-electron chi connectivity index (χ3n) is 6.10. The molecule has 0 bridgehead atoms. The van der Waals surface area contributed by atoms with Crippen LogP contribution in [0.2, 0.25) is 0 Å². The fraction of sp³-hybridized carbons (Fsp3) is 0.571. The van der Waals surface area contributed by atoms with Gasteiger partial charge in [0.15, 0.2) is 0 Å². The van der Waals surface area contributed by atoms with Gasteiger partial charge in [0, 0.05) is 30.1 Å². The number of ketones is 1. The van der Waals surface area contributed by atoms with Crippen molar-refractivity contribution in [1.82, 2.24) is 10.2 Å². The molecule has 0 radical (unpaired) electrons. The summed E-state index contributed by atoms with van der Waals surface area (Å²) in [6.45, 7) is 1.27. The number of hydrogen-bond donors (Lipinski definition) is 1. The largest absolute Gasteiger partial charge is 0.331 e. The molecule has 1 aromatic rings. The van der Waals surface area contributed by atoms with Gasteiger partial charge in [0.25, 0.3) is 0 Å². The molecule has 2 fully saturated rings. The molecule has 4 rings (SSSR count). The van der Waals surface area contributed by atoms with Crippen LogP contribution in [0.4, 0.5) is 0 Å². The summed E-state index contributed by atoms with van der Waals surface area (Å²) in [4.78, 5) is 28.3. The summed E-state index contributed by atoms with van der Waals surface area (Å²) in [5.41, 5.74) is 2.88. The average molecular weight is 403 g/mol. The molecular weight excluding hydrogens is 376 g/mol. The summed E-state index contributed by atoms with van der Waals surface area (Å²) < 4.78 is 0. The smallest absolute Gasteiger partial charge is 0.241 e. The van der Waals surface area contributed by atoms with Gasteiger partial charge in [-0.2, -0.15) is 0 Å². The molecule has 1 N–H and O–H groups in total. The monoisotopic (exact) mass is 402 g/mol. The van der Waals surface area contributed by atoms with Gasteiger partial charge in [0.05, 0.1) is 11.8 Å². The standard InChI is InChI=1S/C21H26N2O2S2/c24-17(8-6-14-5-7-15-3-1-2-4-16(15)11-14)19-18(26)12-22-20(19)21(25)23-9-10-27-13-23/h1-4,14,19-20,22H,5-13H2/t14?,19?,20-/m0/s1. The van der Waals surface area contributed by atoms with E-state index < -0.39 is 12.0 Å². The van der Waals surface area contributed by atoms with Gasteiger partial charge in [-0.1, -0.05) is 36.5 Å². The van der Waals surface area contributed by atoms with Gasteiger partial charge in [0.1, 0.15) is 11.8 Å². The van der Waals surface area contributed by atoms with Gasteiger partial charge in [0.2, 0.25) is 5.91 Å². The zero-order valence-corrected chi connectivity index (χ0v) is 17.1. The Labute approximate surface area is 170 Å². The Kier molecular flexibility index (Phi) is 5.95. The SMILES string of the molecule is O=C(CCC1CCc2ccccc2C1)C1C(=S)CN[C@@H]1C(=O)N1CCSC1. The van der Waals surface area contributed by atoms with Crippen molar-refractivity contribution < 1.29 is 9.59 Å². The molecule has 3 aliphatic rings. The molecule has 1 aliphatic carbocycles. The molecule has 0 spiro atoms. The first-order chi connectivity index (χ1) is 13.1. The van der Waals surface area contributed by atoms with Crippen molar-refractivity contribution in [2.75, 3.05) is 24.7 Å². The van der Waals surface area contributed by atoms with Crippen molar-refractivity contribution in [2.24, 2.45) is 11.8 Å². The van der Waals surface area contributed by atoms with Gasteiger partial charge in [-0.05, 0) is 42.7 Å². The summed E-state index contributed by atoms with van der Waals surface area (Å²) >= 11 is 7.21. The maximum Gasteiger partial charge on any atom is 0.241 e. The molecular formula is C21H26N2O2S2. The number of amides is 1. The number of nitrogens with one attached hydrogen (secondary N) is 1. The van der Waals surface area contributed by atoms with Crippen molar-refractivity contribution in [3.63, 3.8) is 0 Å². The molecule has 6 heteroatoms. The Hall–Kier alpha value is -1.24. The highest BCUT2D eigenvalue weighted by Gasteiger charge is 2.43. The number of carbonyl (C=O) groups excluding carboxylic acids is 2. The number of carbonyl (C=O) groups is 2. The van der Waals surface area contributed by atoms with Crippen molar-refractivity contribution in [1.29, 1.82) is 0 Å². The molecule has 27 heavy (non-hydrogen) atoms. The molecule has 2 aliphatic heterocycles. The summed E-state index contributed by atoms with van der Waals surface area (Å²) in [6, 6.07) is 8.18. The van der Waals surface area contributed by atoms with E-state index in [0.717, 1.165) is 43.9 Å². The van der Waals surface area contributed by atoms with Crippen LogP contribution in [0, 0.1) is 11.8 Å². The van der Waals surface area contributed by atoms with Crippen LogP contribution >= 0.6 is 24.0 Å². The minimum Gasteiger partial charge on any atom is -0.331 e. The Morgan fingerprint density at radius 3 is 2.85 bits per heavy atom. The van der Waals surface area contributed by atoms with E-state index in [4.69, 9.17) is 12.2 Å². The Bertz CT molecular complexity index is 745. The Morgan fingerprint density at radius 2 is 2.07 bits per heavy atom. The highest BCUT2D eigenvalue weighted by atomic mass is 32.2. The highest BCUT2D eigenvalue weighted by Crippen LogP contribution is 2.30. The molecule has 2 unspecified atom stereocenters. The fourth-order valence-corrected chi connectivity index (χ4v) is 5.83. The molecule has 2 heterocycles. The van der Waals surface area contributed by atoms with E-state index >= 15 is 0 Å². The molecule has 3 atom stereocenters. The minimum absolute atomic E-state index is 0.0461. The number of thiocarbonyl (C=S) groups is 1. The van der Waals surface area contributed by atoms with Crippen LogP contribution < -0.4 is 5.32 Å². The van der Waals surface area contributed by atoms with Crippen LogP contribution in [0.25, 0.3) is 0 Å². The maximum atomic E-state index is 13.0. The third-order valence-corrected chi connectivity index (χ3v) is 7.47. The second-order valence-electron chi connectivity index (χ2n) is 7.82. The van der Waals surface area contributed by atoms with Crippen molar-refractivity contribution in [3.8, 4) is 0 Å². The first-order valence-corrected chi connectivity index (χ1v) is 11.4. The first kappa shape index (κ1) is 19.1. The van der Waals surface area contributed by atoms with E-state index in [1.807, 2.05) is 4.90 Å². The van der Waals surface area contributed by atoms with Crippen LogP contribution in [0.3, 0.4) is 0 Å². The normalized spacial score (nSPS) is 27.6. The number of thioether (sulfide) groups is 1. The molecule has 0 aromatic heterocycles. The fourth-order valence-electron chi connectivity index (χ4n) is 4.53. The van der Waals surface area contributed by atoms with Crippen LogP contribution in [-0.4, -0.2) is 52.2 Å². The second kappa shape index (κ2) is 8.41. The quantitative estimate of drug-likeness (QED) is 0.768. The molecule has 2 saturated heterocycles. The highest BCUT2D eigenvalue weighted by molar-refractivity contribution is 7.99. The third kappa shape index (κ3) is 4.13. The van der Waals surface area contributed by atoms with Crippen molar-refractivity contribution >= 4 is 40.5 Å². The molecule has 1 aromatic carbocycles. The molecule has 4 nitrogen and oxygen atoms in total. The van der Waals surface area contributed by atoms with Crippen LogP contribution in [0.15, 0.2) is 24.3 Å². The number of aryl methyl sites for hydroxylation is 1. The van der Waals surface area contributed by atoms with E-state index in [1.54, 1.807) is 11.8 Å². The number of benzene rings is 1. The lowest BCUT2D eigenvalue weighted by Gasteiger charge is -2.26.